The second-order valence-electron chi connectivity index (χ2n) is 9.81. The van der Waals surface area contributed by atoms with Gasteiger partial charge in [0.2, 0.25) is 5.91 Å². The van der Waals surface area contributed by atoms with Gasteiger partial charge in [0.1, 0.15) is 0 Å². The standard InChI is InChI=1S/C21H29N5O2.C6H3F3/c1-3-26(21(2)8-9-21)14-19(27)23-16-6-4-10-24(13-16)20(28)17-7-5-11-25-15-22-12-18(17)25;7-4-2-1-3-5(8)6(4)9/h5,7,11-12,15-16H,3-4,6,8-10,13-14H2,1-2H3,(H,23,27);1-3H. The van der Waals surface area contributed by atoms with E-state index in [9.17, 15) is 22.8 Å². The maximum absolute atomic E-state index is 13.1. The number of rotatable bonds is 6. The number of likely N-dealkylation sites (N-methyl/N-ethyl adjacent to an activating group) is 1. The van der Waals surface area contributed by atoms with Crippen LogP contribution < -0.4 is 5.32 Å². The molecule has 0 bridgehead atoms. The van der Waals surface area contributed by atoms with Crippen molar-refractivity contribution in [1.82, 2.24) is 24.5 Å². The minimum Gasteiger partial charge on any atom is -0.350 e. The number of nitrogens with one attached hydrogen (secondary N) is 1. The van der Waals surface area contributed by atoms with Crippen molar-refractivity contribution in [2.24, 2.45) is 0 Å². The van der Waals surface area contributed by atoms with Crippen LogP contribution in [0.2, 0.25) is 0 Å². The number of likely N-dealkylation sites (tertiary alicyclic amines) is 1. The Morgan fingerprint density at radius 3 is 2.54 bits per heavy atom. The molecule has 2 amide bonds. The molecule has 2 aromatic heterocycles. The van der Waals surface area contributed by atoms with Crippen molar-refractivity contribution in [1.29, 1.82) is 0 Å². The highest BCUT2D eigenvalue weighted by molar-refractivity contribution is 6.00. The first-order valence-corrected chi connectivity index (χ1v) is 12.6. The van der Waals surface area contributed by atoms with E-state index in [2.05, 4.69) is 29.0 Å². The van der Waals surface area contributed by atoms with Gasteiger partial charge in [0.05, 0.1) is 30.1 Å². The number of amides is 2. The van der Waals surface area contributed by atoms with Gasteiger partial charge in [-0.3, -0.25) is 14.5 Å². The normalized spacial score (nSPS) is 18.3. The monoisotopic (exact) mass is 515 g/mol. The van der Waals surface area contributed by atoms with Gasteiger partial charge >= 0.3 is 0 Å². The lowest BCUT2D eigenvalue weighted by Gasteiger charge is -2.34. The molecule has 1 unspecified atom stereocenters. The number of pyridine rings is 1. The number of aromatic nitrogens is 2. The Labute approximate surface area is 214 Å². The van der Waals surface area contributed by atoms with Gasteiger partial charge in [-0.2, -0.15) is 0 Å². The van der Waals surface area contributed by atoms with Gasteiger partial charge in [0.15, 0.2) is 17.5 Å². The molecule has 5 rings (SSSR count). The van der Waals surface area contributed by atoms with Crippen LogP contribution in [-0.4, -0.2) is 68.8 Å². The molecule has 2 aliphatic rings. The maximum atomic E-state index is 13.1. The summed E-state index contributed by atoms with van der Waals surface area (Å²) in [5.74, 6) is -3.67. The van der Waals surface area contributed by atoms with Crippen LogP contribution in [0.4, 0.5) is 13.2 Å². The third-order valence-corrected chi connectivity index (χ3v) is 7.11. The Hall–Kier alpha value is -3.40. The number of hydrogen-bond donors (Lipinski definition) is 1. The average Bonchev–Trinajstić information content (AvgIpc) is 3.45. The van der Waals surface area contributed by atoms with E-state index < -0.39 is 17.5 Å². The van der Waals surface area contributed by atoms with Gasteiger partial charge in [-0.1, -0.05) is 13.0 Å². The van der Waals surface area contributed by atoms with Gasteiger partial charge in [-0.05, 0) is 63.4 Å². The number of benzene rings is 1. The van der Waals surface area contributed by atoms with Gasteiger partial charge in [-0.25, -0.2) is 18.2 Å². The van der Waals surface area contributed by atoms with Crippen molar-refractivity contribution in [3.05, 3.63) is 72.1 Å². The molecule has 2 fully saturated rings. The van der Waals surface area contributed by atoms with E-state index in [0.717, 1.165) is 49.6 Å². The Bertz CT molecular complexity index is 1240. The van der Waals surface area contributed by atoms with E-state index in [1.807, 2.05) is 27.6 Å². The van der Waals surface area contributed by atoms with Crippen molar-refractivity contribution in [3.8, 4) is 0 Å². The van der Waals surface area contributed by atoms with Crippen molar-refractivity contribution < 1.29 is 22.8 Å². The number of halogens is 3. The highest BCUT2D eigenvalue weighted by Gasteiger charge is 2.43. The molecule has 10 heteroatoms. The molecule has 1 saturated heterocycles. The zero-order valence-corrected chi connectivity index (χ0v) is 21.1. The van der Waals surface area contributed by atoms with Crippen LogP contribution in [0.15, 0.2) is 49.1 Å². The summed E-state index contributed by atoms with van der Waals surface area (Å²) in [6.07, 6.45) is 9.45. The van der Waals surface area contributed by atoms with Crippen LogP contribution in [0.5, 0.6) is 0 Å². The lowest BCUT2D eigenvalue weighted by atomic mass is 10.0. The predicted octanol–water partition coefficient (Wildman–Crippen LogP) is 4.03. The summed E-state index contributed by atoms with van der Waals surface area (Å²) in [6.45, 7) is 6.93. The second kappa shape index (κ2) is 11.3. The van der Waals surface area contributed by atoms with E-state index in [1.54, 1.807) is 12.5 Å². The maximum Gasteiger partial charge on any atom is 0.256 e. The van der Waals surface area contributed by atoms with Crippen molar-refractivity contribution in [3.63, 3.8) is 0 Å². The fourth-order valence-electron chi connectivity index (χ4n) is 4.69. The molecule has 1 N–H and O–H groups in total. The molecule has 3 heterocycles. The predicted molar refractivity (Wildman–Crippen MR) is 133 cm³/mol. The molecule has 37 heavy (non-hydrogen) atoms. The molecule has 1 aliphatic carbocycles. The molecular formula is C27H32F3N5O2. The Balaban J connectivity index is 0.000000301. The van der Waals surface area contributed by atoms with E-state index in [4.69, 9.17) is 0 Å². The molecule has 1 atom stereocenters. The van der Waals surface area contributed by atoms with Crippen LogP contribution in [0.1, 0.15) is 49.9 Å². The minimum atomic E-state index is -1.42. The van der Waals surface area contributed by atoms with Crippen LogP contribution in [0.25, 0.3) is 5.52 Å². The lowest BCUT2D eigenvalue weighted by molar-refractivity contribution is -0.124. The number of nitrogens with zero attached hydrogens (tertiary/aromatic N) is 4. The van der Waals surface area contributed by atoms with Crippen LogP contribution in [0, 0.1) is 17.5 Å². The Morgan fingerprint density at radius 1 is 1.16 bits per heavy atom. The zero-order valence-electron chi connectivity index (χ0n) is 21.1. The van der Waals surface area contributed by atoms with E-state index in [1.165, 1.54) is 12.8 Å². The summed E-state index contributed by atoms with van der Waals surface area (Å²) >= 11 is 0. The van der Waals surface area contributed by atoms with Crippen molar-refractivity contribution in [2.45, 2.75) is 51.1 Å². The van der Waals surface area contributed by atoms with Gasteiger partial charge in [-0.15, -0.1) is 0 Å². The molecule has 1 saturated carbocycles. The first-order valence-electron chi connectivity index (χ1n) is 12.6. The third-order valence-electron chi connectivity index (χ3n) is 7.11. The fraction of sp³-hybridized carbons (Fsp3) is 0.444. The van der Waals surface area contributed by atoms with E-state index in [0.29, 0.717) is 18.7 Å². The summed E-state index contributed by atoms with van der Waals surface area (Å²) in [7, 11) is 0. The van der Waals surface area contributed by atoms with E-state index >= 15 is 0 Å². The number of imidazole rings is 1. The molecule has 1 aromatic carbocycles. The summed E-state index contributed by atoms with van der Waals surface area (Å²) in [5.41, 5.74) is 1.67. The Morgan fingerprint density at radius 2 is 1.89 bits per heavy atom. The van der Waals surface area contributed by atoms with Gasteiger partial charge in [0, 0.05) is 30.9 Å². The quantitative estimate of drug-likeness (QED) is 0.504. The van der Waals surface area contributed by atoms with Gasteiger partial charge in [0.25, 0.3) is 5.91 Å². The SMILES string of the molecule is CCN(CC(=O)NC1CCCN(C(=O)c2cccn3cncc23)C1)C1(C)CC1.Fc1cccc(F)c1F. The summed E-state index contributed by atoms with van der Waals surface area (Å²) < 4.78 is 37.8. The van der Waals surface area contributed by atoms with Gasteiger partial charge < -0.3 is 14.6 Å². The molecule has 7 nitrogen and oxygen atoms in total. The smallest absolute Gasteiger partial charge is 0.256 e. The number of hydrogen-bond acceptors (Lipinski definition) is 4. The van der Waals surface area contributed by atoms with Crippen LogP contribution in [0.3, 0.4) is 0 Å². The topological polar surface area (TPSA) is 70.0 Å². The lowest BCUT2D eigenvalue weighted by Crippen LogP contribution is -2.52. The van der Waals surface area contributed by atoms with Crippen LogP contribution >= 0.6 is 0 Å². The summed E-state index contributed by atoms with van der Waals surface area (Å²) in [6, 6.07) is 6.55. The van der Waals surface area contributed by atoms with Crippen molar-refractivity contribution >= 4 is 17.3 Å². The van der Waals surface area contributed by atoms with Crippen molar-refractivity contribution in [2.75, 3.05) is 26.2 Å². The summed E-state index contributed by atoms with van der Waals surface area (Å²) in [4.78, 5) is 33.9. The third kappa shape index (κ3) is 6.30. The molecule has 3 aromatic rings. The molecular weight excluding hydrogens is 483 g/mol. The van der Waals surface area contributed by atoms with E-state index in [-0.39, 0.29) is 23.4 Å². The largest absolute Gasteiger partial charge is 0.350 e. The highest BCUT2D eigenvalue weighted by atomic mass is 19.2. The number of piperidine rings is 1. The molecule has 198 valence electrons. The Kier molecular flexibility index (Phi) is 8.16. The number of carbonyl (C=O) groups is 2. The molecule has 0 radical (unpaired) electrons. The fourth-order valence-corrected chi connectivity index (χ4v) is 4.69. The first kappa shape index (κ1) is 26.7. The van der Waals surface area contributed by atoms with Crippen LogP contribution in [-0.2, 0) is 4.79 Å². The summed E-state index contributed by atoms with van der Waals surface area (Å²) in [5, 5.41) is 3.16. The zero-order chi connectivity index (χ0) is 26.6. The molecule has 1 aliphatic heterocycles. The molecule has 0 spiro atoms. The highest BCUT2D eigenvalue weighted by Crippen LogP contribution is 2.40. The second-order valence-corrected chi connectivity index (χ2v) is 9.81. The number of fused-ring (bicyclic) bond motifs is 1. The number of carbonyl (C=O) groups excluding carboxylic acids is 2. The minimum absolute atomic E-state index is 0.00530. The first-order chi connectivity index (χ1) is 17.7. The average molecular weight is 516 g/mol.